The first-order chi connectivity index (χ1) is 9.85. The smallest absolute Gasteiger partial charge is 0.308 e. The molecule has 0 saturated carbocycles. The summed E-state index contributed by atoms with van der Waals surface area (Å²) in [5, 5.41) is 10.0. The van der Waals surface area contributed by atoms with Gasteiger partial charge in [-0.3, -0.25) is 4.79 Å². The highest BCUT2D eigenvalue weighted by molar-refractivity contribution is 7.11. The van der Waals surface area contributed by atoms with Gasteiger partial charge < -0.3 is 10.0 Å². The van der Waals surface area contributed by atoms with E-state index in [1.54, 1.807) is 11.3 Å². The molecule has 0 spiro atoms. The fraction of sp³-hybridized carbons (Fsp3) is 0.750. The van der Waals surface area contributed by atoms with E-state index in [2.05, 4.69) is 30.7 Å². The molecular formula is C16H26N2O2S. The van der Waals surface area contributed by atoms with Crippen LogP contribution in [0.2, 0.25) is 0 Å². The fourth-order valence-electron chi connectivity index (χ4n) is 3.37. The lowest BCUT2D eigenvalue weighted by Crippen LogP contribution is -2.40. The normalized spacial score (nSPS) is 25.0. The standard InChI is InChI=1S/C16H26N2O2S/c1-10-5-11(2)8-18(7-10)9-12(3)16-17-13(4)14(21-16)6-15(19)20/h10-12H,5-9H2,1-4H3,(H,19,20). The van der Waals surface area contributed by atoms with Crippen molar-refractivity contribution in [2.75, 3.05) is 19.6 Å². The molecule has 1 saturated heterocycles. The van der Waals surface area contributed by atoms with E-state index in [1.165, 1.54) is 19.5 Å². The molecule has 1 aliphatic rings. The fourth-order valence-corrected chi connectivity index (χ4v) is 4.47. The van der Waals surface area contributed by atoms with Crippen molar-refractivity contribution < 1.29 is 9.90 Å². The van der Waals surface area contributed by atoms with Gasteiger partial charge >= 0.3 is 5.97 Å². The predicted octanol–water partition coefficient (Wildman–Crippen LogP) is 3.16. The number of likely N-dealkylation sites (tertiary alicyclic amines) is 1. The Morgan fingerprint density at radius 1 is 1.43 bits per heavy atom. The molecule has 5 heteroatoms. The molecule has 2 heterocycles. The van der Waals surface area contributed by atoms with Crippen molar-refractivity contribution in [1.82, 2.24) is 9.88 Å². The lowest BCUT2D eigenvalue weighted by Gasteiger charge is -2.36. The number of piperidine rings is 1. The highest BCUT2D eigenvalue weighted by Gasteiger charge is 2.24. The molecule has 3 atom stereocenters. The molecule has 1 aliphatic heterocycles. The molecular weight excluding hydrogens is 284 g/mol. The third-order valence-electron chi connectivity index (χ3n) is 4.12. The maximum absolute atomic E-state index is 10.9. The van der Waals surface area contributed by atoms with Gasteiger partial charge in [-0.1, -0.05) is 20.8 Å². The van der Waals surface area contributed by atoms with Crippen LogP contribution in [0, 0.1) is 18.8 Å². The Balaban J connectivity index is 1.99. The van der Waals surface area contributed by atoms with Crippen LogP contribution in [-0.2, 0) is 11.2 Å². The molecule has 0 amide bonds. The van der Waals surface area contributed by atoms with Crippen LogP contribution in [0.1, 0.15) is 48.7 Å². The Morgan fingerprint density at radius 2 is 2.05 bits per heavy atom. The first-order valence-corrected chi connectivity index (χ1v) is 8.57. The van der Waals surface area contributed by atoms with Gasteiger partial charge in [-0.2, -0.15) is 0 Å². The maximum atomic E-state index is 10.9. The summed E-state index contributed by atoms with van der Waals surface area (Å²) in [7, 11) is 0. The summed E-state index contributed by atoms with van der Waals surface area (Å²) in [5.74, 6) is 1.12. The first kappa shape index (κ1) is 16.4. The van der Waals surface area contributed by atoms with E-state index in [4.69, 9.17) is 5.11 Å². The van der Waals surface area contributed by atoms with Gasteiger partial charge in [0.25, 0.3) is 0 Å². The second-order valence-electron chi connectivity index (χ2n) is 6.70. The molecule has 1 N–H and O–H groups in total. The third-order valence-corrected chi connectivity index (χ3v) is 5.51. The Kier molecular flexibility index (Phi) is 5.38. The number of aliphatic carboxylic acids is 1. The van der Waals surface area contributed by atoms with Crippen LogP contribution < -0.4 is 0 Å². The van der Waals surface area contributed by atoms with Crippen molar-refractivity contribution in [3.05, 3.63) is 15.6 Å². The Bertz CT molecular complexity index is 490. The Morgan fingerprint density at radius 3 is 2.62 bits per heavy atom. The minimum absolute atomic E-state index is 0.0913. The summed E-state index contributed by atoms with van der Waals surface area (Å²) in [6, 6.07) is 0. The van der Waals surface area contributed by atoms with Gasteiger partial charge in [-0.15, -0.1) is 11.3 Å². The average molecular weight is 310 g/mol. The number of hydrogen-bond donors (Lipinski definition) is 1. The molecule has 0 radical (unpaired) electrons. The van der Waals surface area contributed by atoms with Gasteiger partial charge in [0, 0.05) is 30.4 Å². The van der Waals surface area contributed by atoms with Gasteiger partial charge in [-0.25, -0.2) is 4.98 Å². The highest BCUT2D eigenvalue weighted by atomic mass is 32.1. The molecule has 118 valence electrons. The van der Waals surface area contributed by atoms with Crippen LogP contribution in [-0.4, -0.2) is 40.6 Å². The largest absolute Gasteiger partial charge is 0.481 e. The number of carboxylic acids is 1. The number of thiazole rings is 1. The zero-order chi connectivity index (χ0) is 15.6. The van der Waals surface area contributed by atoms with Gasteiger partial charge in [-0.05, 0) is 25.2 Å². The number of hydrogen-bond acceptors (Lipinski definition) is 4. The van der Waals surface area contributed by atoms with E-state index >= 15 is 0 Å². The van der Waals surface area contributed by atoms with Crippen LogP contribution in [0.15, 0.2) is 0 Å². The van der Waals surface area contributed by atoms with Crippen molar-refractivity contribution in [2.24, 2.45) is 11.8 Å². The van der Waals surface area contributed by atoms with Crippen molar-refractivity contribution >= 4 is 17.3 Å². The lowest BCUT2D eigenvalue weighted by molar-refractivity contribution is -0.136. The second kappa shape index (κ2) is 6.88. The van der Waals surface area contributed by atoms with Crippen LogP contribution in [0.5, 0.6) is 0 Å². The highest BCUT2D eigenvalue weighted by Crippen LogP contribution is 2.28. The molecule has 21 heavy (non-hydrogen) atoms. The molecule has 0 aliphatic carbocycles. The number of carboxylic acid groups (broad SMARTS) is 1. The topological polar surface area (TPSA) is 53.4 Å². The van der Waals surface area contributed by atoms with Crippen molar-refractivity contribution in [3.8, 4) is 0 Å². The van der Waals surface area contributed by atoms with E-state index in [1.807, 2.05) is 6.92 Å². The summed E-state index contributed by atoms with van der Waals surface area (Å²) < 4.78 is 0. The lowest BCUT2D eigenvalue weighted by atomic mass is 9.91. The van der Waals surface area contributed by atoms with Crippen LogP contribution in [0.4, 0.5) is 0 Å². The maximum Gasteiger partial charge on any atom is 0.308 e. The van der Waals surface area contributed by atoms with Gasteiger partial charge in [0.05, 0.1) is 17.1 Å². The quantitative estimate of drug-likeness (QED) is 0.907. The van der Waals surface area contributed by atoms with E-state index < -0.39 is 5.97 Å². The van der Waals surface area contributed by atoms with E-state index in [9.17, 15) is 4.79 Å². The van der Waals surface area contributed by atoms with Gasteiger partial charge in [0.1, 0.15) is 0 Å². The molecule has 3 unspecified atom stereocenters. The molecule has 2 rings (SSSR count). The van der Waals surface area contributed by atoms with E-state index in [0.29, 0.717) is 5.92 Å². The molecule has 1 aromatic rings. The number of aryl methyl sites for hydroxylation is 1. The Labute approximate surface area is 131 Å². The SMILES string of the molecule is Cc1nc(C(C)CN2CC(C)CC(C)C2)sc1CC(=O)O. The summed E-state index contributed by atoms with van der Waals surface area (Å²) in [4.78, 5) is 18.9. The Hall–Kier alpha value is -0.940. The van der Waals surface area contributed by atoms with Crippen molar-refractivity contribution in [1.29, 1.82) is 0 Å². The van der Waals surface area contributed by atoms with Gasteiger partial charge in [0.2, 0.25) is 0 Å². The zero-order valence-corrected chi connectivity index (χ0v) is 14.2. The number of aromatic nitrogens is 1. The van der Waals surface area contributed by atoms with Crippen molar-refractivity contribution in [3.63, 3.8) is 0 Å². The molecule has 4 nitrogen and oxygen atoms in total. The molecule has 0 aromatic carbocycles. The average Bonchev–Trinajstić information content (AvgIpc) is 2.68. The molecule has 1 aromatic heterocycles. The number of nitrogens with zero attached hydrogens (tertiary/aromatic N) is 2. The minimum Gasteiger partial charge on any atom is -0.481 e. The third kappa shape index (κ3) is 4.51. The van der Waals surface area contributed by atoms with Gasteiger partial charge in [0.15, 0.2) is 0 Å². The van der Waals surface area contributed by atoms with Crippen LogP contribution >= 0.6 is 11.3 Å². The predicted molar refractivity (Wildman–Crippen MR) is 86.0 cm³/mol. The summed E-state index contributed by atoms with van der Waals surface area (Å²) in [6.07, 6.45) is 1.41. The van der Waals surface area contributed by atoms with Crippen LogP contribution in [0.25, 0.3) is 0 Å². The van der Waals surface area contributed by atoms with Crippen molar-refractivity contribution in [2.45, 2.75) is 46.5 Å². The van der Waals surface area contributed by atoms with Crippen LogP contribution in [0.3, 0.4) is 0 Å². The zero-order valence-electron chi connectivity index (χ0n) is 13.4. The summed E-state index contributed by atoms with van der Waals surface area (Å²) >= 11 is 1.57. The number of rotatable bonds is 5. The first-order valence-electron chi connectivity index (χ1n) is 7.75. The monoisotopic (exact) mass is 310 g/mol. The minimum atomic E-state index is -0.778. The molecule has 0 bridgehead atoms. The number of carbonyl (C=O) groups is 1. The summed E-state index contributed by atoms with van der Waals surface area (Å²) in [6.45, 7) is 12.1. The molecule has 1 fully saturated rings. The van der Waals surface area contributed by atoms with E-state index in [0.717, 1.165) is 34.0 Å². The second-order valence-corrected chi connectivity index (χ2v) is 7.81. The summed E-state index contributed by atoms with van der Waals surface area (Å²) in [5.41, 5.74) is 0.879. The van der Waals surface area contributed by atoms with E-state index in [-0.39, 0.29) is 6.42 Å².